The second-order valence-electron chi connectivity index (χ2n) is 5.54. The normalized spacial score (nSPS) is 12.3. The molecule has 1 aromatic carbocycles. The summed E-state index contributed by atoms with van der Waals surface area (Å²) in [5.41, 5.74) is 1.84. The van der Waals surface area contributed by atoms with Crippen molar-refractivity contribution < 1.29 is 17.6 Å². The van der Waals surface area contributed by atoms with Gasteiger partial charge in [-0.2, -0.15) is 24.9 Å². The van der Waals surface area contributed by atoms with E-state index in [0.29, 0.717) is 37.8 Å². The standard InChI is InChI=1S/C17H25F4N3S/c1-3-22-16(23-9-5-4-8-17(19,20)21)24-11-13-6-7-15(18)10-14(13)12-25-2/h6-7,10H,3-5,8-9,11-12H2,1-2H3,(H2,22,23,24). The van der Waals surface area contributed by atoms with Crippen LogP contribution in [0.15, 0.2) is 23.2 Å². The Labute approximate surface area is 150 Å². The van der Waals surface area contributed by atoms with Crippen LogP contribution in [0.1, 0.15) is 37.3 Å². The first kappa shape index (κ1) is 21.6. The lowest BCUT2D eigenvalue weighted by Crippen LogP contribution is -2.37. The number of rotatable bonds is 9. The summed E-state index contributed by atoms with van der Waals surface area (Å²) in [6, 6.07) is 4.64. The van der Waals surface area contributed by atoms with Crippen LogP contribution in [-0.2, 0) is 12.3 Å². The van der Waals surface area contributed by atoms with Crippen molar-refractivity contribution in [3.05, 3.63) is 35.1 Å². The first-order chi connectivity index (χ1) is 11.9. The number of unbranched alkanes of at least 4 members (excludes halogenated alkanes) is 1. The van der Waals surface area contributed by atoms with Gasteiger partial charge in [0.25, 0.3) is 0 Å². The SMILES string of the molecule is CCNC(=NCc1ccc(F)cc1CSC)NCCCCC(F)(F)F. The molecule has 25 heavy (non-hydrogen) atoms. The van der Waals surface area contributed by atoms with Crippen LogP contribution < -0.4 is 10.6 Å². The Morgan fingerprint density at radius 1 is 1.16 bits per heavy atom. The molecule has 2 N–H and O–H groups in total. The van der Waals surface area contributed by atoms with Crippen LogP contribution in [0.25, 0.3) is 0 Å². The van der Waals surface area contributed by atoms with Crippen LogP contribution in [0.2, 0.25) is 0 Å². The van der Waals surface area contributed by atoms with Crippen LogP contribution in [0.3, 0.4) is 0 Å². The minimum Gasteiger partial charge on any atom is -0.357 e. The fourth-order valence-electron chi connectivity index (χ4n) is 2.20. The number of guanidine groups is 1. The molecule has 8 heteroatoms. The van der Waals surface area contributed by atoms with E-state index in [4.69, 9.17) is 0 Å². The molecule has 142 valence electrons. The van der Waals surface area contributed by atoms with Crippen molar-refractivity contribution in [3.63, 3.8) is 0 Å². The first-order valence-electron chi connectivity index (χ1n) is 8.21. The van der Waals surface area contributed by atoms with Gasteiger partial charge in [-0.15, -0.1) is 0 Å². The maximum atomic E-state index is 13.4. The van der Waals surface area contributed by atoms with Gasteiger partial charge in [0.1, 0.15) is 5.82 Å². The van der Waals surface area contributed by atoms with Gasteiger partial charge in [-0.3, -0.25) is 0 Å². The summed E-state index contributed by atoms with van der Waals surface area (Å²) in [4.78, 5) is 4.44. The average Bonchev–Trinajstić information content (AvgIpc) is 2.52. The molecule has 0 amide bonds. The smallest absolute Gasteiger partial charge is 0.357 e. The molecule has 0 unspecified atom stereocenters. The quantitative estimate of drug-likeness (QED) is 0.288. The highest BCUT2D eigenvalue weighted by molar-refractivity contribution is 7.97. The summed E-state index contributed by atoms with van der Waals surface area (Å²) in [6.45, 7) is 3.37. The molecule has 3 nitrogen and oxygen atoms in total. The number of benzene rings is 1. The zero-order valence-corrected chi connectivity index (χ0v) is 15.4. The summed E-state index contributed by atoms with van der Waals surface area (Å²) in [6.07, 6.45) is -2.42. The van der Waals surface area contributed by atoms with Crippen LogP contribution >= 0.6 is 11.8 Å². The summed E-state index contributed by atoms with van der Waals surface area (Å²) in [5, 5.41) is 6.09. The number of nitrogens with one attached hydrogen (secondary N) is 2. The highest BCUT2D eigenvalue weighted by Gasteiger charge is 2.25. The monoisotopic (exact) mass is 379 g/mol. The van der Waals surface area contributed by atoms with Gasteiger partial charge in [-0.05, 0) is 49.3 Å². The van der Waals surface area contributed by atoms with Crippen molar-refractivity contribution >= 4 is 17.7 Å². The molecule has 0 radical (unpaired) electrons. The number of alkyl halides is 3. The van der Waals surface area contributed by atoms with Gasteiger partial charge < -0.3 is 10.6 Å². The summed E-state index contributed by atoms with van der Waals surface area (Å²) in [5.74, 6) is 0.977. The van der Waals surface area contributed by atoms with E-state index >= 15 is 0 Å². The Morgan fingerprint density at radius 3 is 2.56 bits per heavy atom. The molecular formula is C17H25F4N3S. The second kappa shape index (κ2) is 11.2. The number of hydrogen-bond donors (Lipinski definition) is 2. The van der Waals surface area contributed by atoms with Crippen molar-refractivity contribution in [1.29, 1.82) is 0 Å². The zero-order valence-electron chi connectivity index (χ0n) is 14.5. The third-order valence-electron chi connectivity index (χ3n) is 3.40. The number of aliphatic imine (C=N–C) groups is 1. The predicted molar refractivity (Wildman–Crippen MR) is 96.3 cm³/mol. The number of halogens is 4. The maximum absolute atomic E-state index is 13.4. The van der Waals surface area contributed by atoms with Gasteiger partial charge in [0.2, 0.25) is 0 Å². The van der Waals surface area contributed by atoms with Crippen molar-refractivity contribution in [1.82, 2.24) is 10.6 Å². The Balaban J connectivity index is 2.58. The minimum absolute atomic E-state index is 0.0890. The molecule has 0 atom stereocenters. The lowest BCUT2D eigenvalue weighted by atomic mass is 10.1. The van der Waals surface area contributed by atoms with E-state index in [1.807, 2.05) is 13.2 Å². The van der Waals surface area contributed by atoms with Crippen molar-refractivity contribution in [2.45, 2.75) is 44.7 Å². The van der Waals surface area contributed by atoms with Gasteiger partial charge in [0.05, 0.1) is 6.54 Å². The third-order valence-corrected chi connectivity index (χ3v) is 4.00. The Morgan fingerprint density at radius 2 is 1.92 bits per heavy atom. The molecule has 0 saturated heterocycles. The molecule has 0 fully saturated rings. The fourth-order valence-corrected chi connectivity index (χ4v) is 2.78. The summed E-state index contributed by atoms with van der Waals surface area (Å²) >= 11 is 1.61. The van der Waals surface area contributed by atoms with E-state index in [1.54, 1.807) is 17.8 Å². The first-order valence-corrected chi connectivity index (χ1v) is 9.60. The molecule has 0 aliphatic heterocycles. The third kappa shape index (κ3) is 9.57. The Kier molecular flexibility index (Phi) is 9.70. The van der Waals surface area contributed by atoms with Crippen LogP contribution in [0, 0.1) is 5.82 Å². The molecule has 0 spiro atoms. The molecular weight excluding hydrogens is 354 g/mol. The maximum Gasteiger partial charge on any atom is 0.389 e. The van der Waals surface area contributed by atoms with Gasteiger partial charge in [-0.1, -0.05) is 6.07 Å². The van der Waals surface area contributed by atoms with E-state index in [9.17, 15) is 17.6 Å². The van der Waals surface area contributed by atoms with E-state index < -0.39 is 12.6 Å². The summed E-state index contributed by atoms with van der Waals surface area (Å²) in [7, 11) is 0. The highest BCUT2D eigenvalue weighted by atomic mass is 32.2. The van der Waals surface area contributed by atoms with Crippen LogP contribution in [-0.4, -0.2) is 31.5 Å². The molecule has 1 aromatic rings. The van der Waals surface area contributed by atoms with Gasteiger partial charge in [-0.25, -0.2) is 9.38 Å². The average molecular weight is 379 g/mol. The van der Waals surface area contributed by atoms with Gasteiger partial charge in [0, 0.05) is 25.3 Å². The van der Waals surface area contributed by atoms with Crippen LogP contribution in [0.4, 0.5) is 17.6 Å². The van der Waals surface area contributed by atoms with E-state index in [-0.39, 0.29) is 12.2 Å². The predicted octanol–water partition coefficient (Wildman–Crippen LogP) is 4.48. The molecule has 1 rings (SSSR count). The van der Waals surface area contributed by atoms with Crippen molar-refractivity contribution in [2.75, 3.05) is 19.3 Å². The van der Waals surface area contributed by atoms with E-state index in [0.717, 1.165) is 11.1 Å². The van der Waals surface area contributed by atoms with E-state index in [1.165, 1.54) is 12.1 Å². The molecule has 0 heterocycles. The van der Waals surface area contributed by atoms with Crippen molar-refractivity contribution in [2.24, 2.45) is 4.99 Å². The molecule has 0 aromatic heterocycles. The lowest BCUT2D eigenvalue weighted by Gasteiger charge is -2.13. The van der Waals surface area contributed by atoms with Gasteiger partial charge in [0.15, 0.2) is 5.96 Å². The zero-order chi connectivity index (χ0) is 18.7. The van der Waals surface area contributed by atoms with E-state index in [2.05, 4.69) is 15.6 Å². The number of thioether (sulfide) groups is 1. The van der Waals surface area contributed by atoms with Crippen molar-refractivity contribution in [3.8, 4) is 0 Å². The largest absolute Gasteiger partial charge is 0.389 e. The molecule has 0 saturated carbocycles. The topological polar surface area (TPSA) is 36.4 Å². The molecule has 0 aliphatic rings. The second-order valence-corrected chi connectivity index (χ2v) is 6.41. The number of hydrogen-bond acceptors (Lipinski definition) is 2. The lowest BCUT2D eigenvalue weighted by molar-refractivity contribution is -0.135. The van der Waals surface area contributed by atoms with Gasteiger partial charge >= 0.3 is 6.18 Å². The Bertz CT molecular complexity index is 547. The minimum atomic E-state index is -4.10. The molecule has 0 aliphatic carbocycles. The number of nitrogens with zero attached hydrogens (tertiary/aromatic N) is 1. The van der Waals surface area contributed by atoms with Crippen LogP contribution in [0.5, 0.6) is 0 Å². The highest BCUT2D eigenvalue weighted by Crippen LogP contribution is 2.21. The summed E-state index contributed by atoms with van der Waals surface area (Å²) < 4.78 is 49.7. The fraction of sp³-hybridized carbons (Fsp3) is 0.588. The molecule has 0 bridgehead atoms. The Hall–Kier alpha value is -1.44.